The van der Waals surface area contributed by atoms with Gasteiger partial charge in [-0.05, 0) is 18.7 Å². The van der Waals surface area contributed by atoms with E-state index in [0.717, 1.165) is 22.1 Å². The molecule has 0 aliphatic carbocycles. The first-order valence-corrected chi connectivity index (χ1v) is 9.02. The molecule has 2 aromatic carbocycles. The molecule has 0 radical (unpaired) electrons. The topological polar surface area (TPSA) is 69.4 Å². The van der Waals surface area contributed by atoms with Crippen LogP contribution in [0.25, 0.3) is 10.8 Å². The molecule has 2 N–H and O–H groups in total. The van der Waals surface area contributed by atoms with E-state index in [9.17, 15) is 8.42 Å². The van der Waals surface area contributed by atoms with Crippen molar-refractivity contribution in [3.05, 3.63) is 42.0 Å². The molecule has 0 unspecified atom stereocenters. The summed E-state index contributed by atoms with van der Waals surface area (Å²) < 4.78 is 28.2. The predicted octanol–water partition coefficient (Wildman–Crippen LogP) is 2.67. The van der Waals surface area contributed by atoms with Gasteiger partial charge in [-0.15, -0.1) is 0 Å². The number of nitrogens with two attached hydrogens (primary N) is 1. The molecule has 0 heterocycles. The molecule has 1 atom stereocenters. The summed E-state index contributed by atoms with van der Waals surface area (Å²) in [6, 6.07) is 11.8. The van der Waals surface area contributed by atoms with Crippen LogP contribution in [0.1, 0.15) is 24.9 Å². The third kappa shape index (κ3) is 4.19. The fourth-order valence-corrected chi connectivity index (χ4v) is 2.92. The van der Waals surface area contributed by atoms with Crippen LogP contribution in [0.4, 0.5) is 0 Å². The number of hydrogen-bond donors (Lipinski definition) is 1. The molecule has 0 spiro atoms. The molecule has 21 heavy (non-hydrogen) atoms. The average Bonchev–Trinajstić information content (AvgIpc) is 2.42. The zero-order valence-corrected chi connectivity index (χ0v) is 13.2. The van der Waals surface area contributed by atoms with E-state index >= 15 is 0 Å². The Hall–Kier alpha value is -1.59. The molecule has 4 nitrogen and oxygen atoms in total. The van der Waals surface area contributed by atoms with Crippen LogP contribution in [0.5, 0.6) is 5.75 Å². The minimum atomic E-state index is -2.95. The number of fused-ring (bicyclic) bond motifs is 1. The SMILES string of the molecule is C[C@H](N)c1ccc2ccccc2c1OCCCS(C)(=O)=O. The minimum absolute atomic E-state index is 0.130. The van der Waals surface area contributed by atoms with Crippen LogP contribution in [0.2, 0.25) is 0 Å². The van der Waals surface area contributed by atoms with E-state index in [1.54, 1.807) is 0 Å². The lowest BCUT2D eigenvalue weighted by atomic mass is 10.0. The Labute approximate surface area is 125 Å². The highest BCUT2D eigenvalue weighted by atomic mass is 32.2. The van der Waals surface area contributed by atoms with Crippen molar-refractivity contribution < 1.29 is 13.2 Å². The number of benzene rings is 2. The van der Waals surface area contributed by atoms with Crippen molar-refractivity contribution in [2.24, 2.45) is 5.73 Å². The molecule has 2 rings (SSSR count). The largest absolute Gasteiger partial charge is 0.493 e. The van der Waals surface area contributed by atoms with Crippen molar-refractivity contribution in [2.45, 2.75) is 19.4 Å². The second-order valence-electron chi connectivity index (χ2n) is 5.33. The first kappa shape index (κ1) is 15.8. The molecular weight excluding hydrogens is 286 g/mol. The quantitative estimate of drug-likeness (QED) is 0.833. The second kappa shape index (κ2) is 6.45. The Balaban J connectivity index is 2.25. The third-order valence-corrected chi connectivity index (χ3v) is 4.34. The Morgan fingerprint density at radius 3 is 2.57 bits per heavy atom. The number of rotatable bonds is 6. The molecule has 0 amide bonds. The summed E-state index contributed by atoms with van der Waals surface area (Å²) in [5, 5.41) is 2.09. The summed E-state index contributed by atoms with van der Waals surface area (Å²) in [5.74, 6) is 0.891. The maximum absolute atomic E-state index is 11.2. The lowest BCUT2D eigenvalue weighted by Crippen LogP contribution is -2.11. The van der Waals surface area contributed by atoms with E-state index in [1.807, 2.05) is 43.3 Å². The molecule has 0 aliphatic rings. The van der Waals surface area contributed by atoms with Gasteiger partial charge >= 0.3 is 0 Å². The summed E-state index contributed by atoms with van der Waals surface area (Å²) in [5.41, 5.74) is 6.94. The van der Waals surface area contributed by atoms with Gasteiger partial charge in [-0.2, -0.15) is 0 Å². The van der Waals surface area contributed by atoms with E-state index in [-0.39, 0.29) is 11.8 Å². The fraction of sp³-hybridized carbons (Fsp3) is 0.375. The summed E-state index contributed by atoms with van der Waals surface area (Å²) in [7, 11) is -2.95. The van der Waals surface area contributed by atoms with Gasteiger partial charge in [0.15, 0.2) is 0 Å². The van der Waals surface area contributed by atoms with Crippen LogP contribution in [0.15, 0.2) is 36.4 Å². The van der Waals surface area contributed by atoms with Gasteiger partial charge in [0.2, 0.25) is 0 Å². The Morgan fingerprint density at radius 1 is 1.19 bits per heavy atom. The molecule has 0 aromatic heterocycles. The highest BCUT2D eigenvalue weighted by Gasteiger charge is 2.12. The van der Waals surface area contributed by atoms with Gasteiger partial charge in [-0.3, -0.25) is 0 Å². The van der Waals surface area contributed by atoms with E-state index in [2.05, 4.69) is 0 Å². The summed E-state index contributed by atoms with van der Waals surface area (Å²) in [6.45, 7) is 2.27. The van der Waals surface area contributed by atoms with Gasteiger partial charge in [0.05, 0.1) is 12.4 Å². The normalized spacial score (nSPS) is 13.3. The molecular formula is C16H21NO3S. The van der Waals surface area contributed by atoms with Gasteiger partial charge < -0.3 is 10.5 Å². The zero-order valence-electron chi connectivity index (χ0n) is 12.4. The average molecular weight is 307 g/mol. The van der Waals surface area contributed by atoms with Gasteiger partial charge in [0, 0.05) is 23.2 Å². The van der Waals surface area contributed by atoms with Crippen molar-refractivity contribution in [1.29, 1.82) is 0 Å². The number of hydrogen-bond acceptors (Lipinski definition) is 4. The molecule has 0 aliphatic heterocycles. The molecule has 114 valence electrons. The van der Waals surface area contributed by atoms with Gasteiger partial charge in [-0.1, -0.05) is 36.4 Å². The maximum Gasteiger partial charge on any atom is 0.147 e. The van der Waals surface area contributed by atoms with Crippen molar-refractivity contribution >= 4 is 20.6 Å². The first-order chi connectivity index (χ1) is 9.88. The zero-order chi connectivity index (χ0) is 15.5. The van der Waals surface area contributed by atoms with E-state index in [1.165, 1.54) is 6.26 Å². The molecule has 0 saturated carbocycles. The predicted molar refractivity (Wildman–Crippen MR) is 86.4 cm³/mol. The van der Waals surface area contributed by atoms with Crippen LogP contribution in [-0.2, 0) is 9.84 Å². The molecule has 0 fully saturated rings. The van der Waals surface area contributed by atoms with Crippen molar-refractivity contribution in [2.75, 3.05) is 18.6 Å². The van der Waals surface area contributed by atoms with E-state index in [0.29, 0.717) is 13.0 Å². The second-order valence-corrected chi connectivity index (χ2v) is 7.59. The summed E-state index contributed by atoms with van der Waals surface area (Å²) >= 11 is 0. The van der Waals surface area contributed by atoms with E-state index < -0.39 is 9.84 Å². The van der Waals surface area contributed by atoms with Crippen LogP contribution in [0, 0.1) is 0 Å². The van der Waals surface area contributed by atoms with Crippen LogP contribution in [0.3, 0.4) is 0 Å². The fourth-order valence-electron chi connectivity index (χ4n) is 2.27. The minimum Gasteiger partial charge on any atom is -0.493 e. The smallest absolute Gasteiger partial charge is 0.147 e. The Bertz CT molecular complexity index is 723. The van der Waals surface area contributed by atoms with Crippen molar-refractivity contribution in [3.63, 3.8) is 0 Å². The van der Waals surface area contributed by atoms with Gasteiger partial charge in [-0.25, -0.2) is 8.42 Å². The van der Waals surface area contributed by atoms with Crippen LogP contribution >= 0.6 is 0 Å². The Kier molecular flexibility index (Phi) is 4.85. The lowest BCUT2D eigenvalue weighted by molar-refractivity contribution is 0.317. The van der Waals surface area contributed by atoms with Gasteiger partial charge in [0.25, 0.3) is 0 Å². The van der Waals surface area contributed by atoms with E-state index in [4.69, 9.17) is 10.5 Å². The highest BCUT2D eigenvalue weighted by molar-refractivity contribution is 7.90. The van der Waals surface area contributed by atoms with Gasteiger partial charge in [0.1, 0.15) is 15.6 Å². The van der Waals surface area contributed by atoms with Crippen molar-refractivity contribution in [3.8, 4) is 5.75 Å². The highest BCUT2D eigenvalue weighted by Crippen LogP contribution is 2.33. The molecule has 2 aromatic rings. The maximum atomic E-state index is 11.2. The molecule has 0 saturated heterocycles. The van der Waals surface area contributed by atoms with Crippen LogP contribution < -0.4 is 10.5 Å². The number of ether oxygens (including phenoxy) is 1. The summed E-state index contributed by atoms with van der Waals surface area (Å²) in [6.07, 6.45) is 1.71. The molecule has 0 bridgehead atoms. The summed E-state index contributed by atoms with van der Waals surface area (Å²) in [4.78, 5) is 0. The lowest BCUT2D eigenvalue weighted by Gasteiger charge is -2.16. The monoisotopic (exact) mass is 307 g/mol. The first-order valence-electron chi connectivity index (χ1n) is 6.96. The number of sulfone groups is 1. The van der Waals surface area contributed by atoms with Crippen molar-refractivity contribution in [1.82, 2.24) is 0 Å². The van der Waals surface area contributed by atoms with Crippen LogP contribution in [-0.4, -0.2) is 27.0 Å². The molecule has 5 heteroatoms. The standard InChI is InChI=1S/C16H21NO3S/c1-12(17)14-9-8-13-6-3-4-7-15(13)16(14)20-10-5-11-21(2,18)19/h3-4,6-9,12H,5,10-11,17H2,1-2H3/t12-/m0/s1. The third-order valence-electron chi connectivity index (χ3n) is 3.31. The Morgan fingerprint density at radius 2 is 1.90 bits per heavy atom.